The van der Waals surface area contributed by atoms with Crippen LogP contribution in [0.15, 0.2) is 54.6 Å². The van der Waals surface area contributed by atoms with Crippen molar-refractivity contribution in [3.8, 4) is 0 Å². The van der Waals surface area contributed by atoms with E-state index in [4.69, 9.17) is 5.21 Å². The maximum atomic E-state index is 13.2. The van der Waals surface area contributed by atoms with Crippen molar-refractivity contribution in [1.82, 2.24) is 10.8 Å². The van der Waals surface area contributed by atoms with Crippen molar-refractivity contribution in [3.63, 3.8) is 0 Å². The molecule has 138 valence electrons. The molecule has 1 saturated carbocycles. The monoisotopic (exact) mass is 366 g/mol. The van der Waals surface area contributed by atoms with Crippen molar-refractivity contribution in [2.75, 3.05) is 0 Å². The van der Waals surface area contributed by atoms with Gasteiger partial charge in [-0.25, -0.2) is 9.87 Å². The van der Waals surface area contributed by atoms with Gasteiger partial charge in [0.05, 0.1) is 0 Å². The molecule has 1 fully saturated rings. The Kier molecular flexibility index (Phi) is 5.78. The summed E-state index contributed by atoms with van der Waals surface area (Å²) >= 11 is 0. The van der Waals surface area contributed by atoms with Crippen molar-refractivity contribution in [2.45, 2.75) is 18.9 Å². The molecular formula is C21H19FN2O3. The molecule has 0 heterocycles. The lowest BCUT2D eigenvalue weighted by molar-refractivity contribution is -0.124. The largest absolute Gasteiger partial charge is 0.349 e. The van der Waals surface area contributed by atoms with Gasteiger partial charge in [0, 0.05) is 17.7 Å². The van der Waals surface area contributed by atoms with Crippen molar-refractivity contribution >= 4 is 29.5 Å². The van der Waals surface area contributed by atoms with Crippen LogP contribution in [0.4, 0.5) is 4.39 Å². The summed E-state index contributed by atoms with van der Waals surface area (Å²) < 4.78 is 13.2. The Labute approximate surface area is 156 Å². The molecule has 27 heavy (non-hydrogen) atoms. The zero-order chi connectivity index (χ0) is 19.2. The third-order valence-electron chi connectivity index (χ3n) is 4.07. The highest BCUT2D eigenvalue weighted by molar-refractivity contribution is 6.24. The van der Waals surface area contributed by atoms with Crippen molar-refractivity contribution in [2.24, 2.45) is 0 Å². The van der Waals surface area contributed by atoms with Crippen molar-refractivity contribution in [1.29, 1.82) is 0 Å². The topological polar surface area (TPSA) is 78.4 Å². The van der Waals surface area contributed by atoms with E-state index in [2.05, 4.69) is 5.32 Å². The van der Waals surface area contributed by atoms with E-state index in [1.165, 1.54) is 29.8 Å². The summed E-state index contributed by atoms with van der Waals surface area (Å²) in [5.74, 6) is -1.18. The Balaban J connectivity index is 1.94. The van der Waals surface area contributed by atoms with Crippen LogP contribution in [0.3, 0.4) is 0 Å². The Morgan fingerprint density at radius 1 is 1.07 bits per heavy atom. The zero-order valence-corrected chi connectivity index (χ0v) is 14.5. The molecule has 0 atom stereocenters. The molecule has 0 radical (unpaired) electrons. The fourth-order valence-electron chi connectivity index (χ4n) is 2.52. The second-order valence-corrected chi connectivity index (χ2v) is 6.29. The van der Waals surface area contributed by atoms with Gasteiger partial charge in [-0.2, -0.15) is 0 Å². The van der Waals surface area contributed by atoms with Crippen molar-refractivity contribution < 1.29 is 19.2 Å². The van der Waals surface area contributed by atoms with Gasteiger partial charge in [0.2, 0.25) is 0 Å². The average Bonchev–Trinajstić information content (AvgIpc) is 3.49. The molecule has 2 aromatic rings. The van der Waals surface area contributed by atoms with E-state index < -0.39 is 5.91 Å². The molecule has 2 amide bonds. The van der Waals surface area contributed by atoms with Crippen LogP contribution in [0.2, 0.25) is 0 Å². The van der Waals surface area contributed by atoms with Crippen LogP contribution in [0.1, 0.15) is 29.5 Å². The number of rotatable bonds is 6. The Bertz CT molecular complexity index is 900. The van der Waals surface area contributed by atoms with E-state index in [-0.39, 0.29) is 17.8 Å². The molecule has 0 spiro atoms. The number of amides is 2. The van der Waals surface area contributed by atoms with Crippen LogP contribution in [-0.4, -0.2) is 23.1 Å². The predicted molar refractivity (Wildman–Crippen MR) is 101 cm³/mol. The summed E-state index contributed by atoms with van der Waals surface area (Å²) in [5.41, 5.74) is 4.05. The zero-order valence-electron chi connectivity index (χ0n) is 14.5. The van der Waals surface area contributed by atoms with Crippen LogP contribution in [-0.2, 0) is 9.59 Å². The number of halogens is 1. The SMILES string of the molecule is O=C(/C=C/c1cccc(/C(=C\c2ccc(F)cc2)C(=O)NC2CC2)c1)NO. The molecular weight excluding hydrogens is 347 g/mol. The molecule has 0 aromatic heterocycles. The number of benzene rings is 2. The number of carbonyl (C=O) groups excluding carboxylic acids is 2. The second-order valence-electron chi connectivity index (χ2n) is 6.29. The lowest BCUT2D eigenvalue weighted by Gasteiger charge is -2.10. The number of nitrogens with one attached hydrogen (secondary N) is 2. The summed E-state index contributed by atoms with van der Waals surface area (Å²) in [6.07, 6.45) is 6.36. The average molecular weight is 366 g/mol. The Hall–Kier alpha value is -3.25. The molecule has 0 unspecified atom stereocenters. The summed E-state index contributed by atoms with van der Waals surface area (Å²) in [6, 6.07) is 13.2. The predicted octanol–water partition coefficient (Wildman–Crippen LogP) is 3.16. The highest BCUT2D eigenvalue weighted by atomic mass is 19.1. The summed E-state index contributed by atoms with van der Waals surface area (Å²) in [5, 5.41) is 11.5. The van der Waals surface area contributed by atoms with Gasteiger partial charge in [-0.3, -0.25) is 14.8 Å². The molecule has 3 rings (SSSR count). The van der Waals surface area contributed by atoms with E-state index >= 15 is 0 Å². The second kappa shape index (κ2) is 8.42. The first kappa shape index (κ1) is 18.5. The number of hydrogen-bond donors (Lipinski definition) is 3. The molecule has 3 N–H and O–H groups in total. The number of carbonyl (C=O) groups is 2. The van der Waals surface area contributed by atoms with Crippen LogP contribution in [0.5, 0.6) is 0 Å². The first-order valence-corrected chi connectivity index (χ1v) is 8.56. The lowest BCUT2D eigenvalue weighted by Crippen LogP contribution is -2.26. The third-order valence-corrected chi connectivity index (χ3v) is 4.07. The quantitative estimate of drug-likeness (QED) is 0.318. The van der Waals surface area contributed by atoms with E-state index in [1.807, 2.05) is 0 Å². The van der Waals surface area contributed by atoms with E-state index in [0.29, 0.717) is 22.3 Å². The van der Waals surface area contributed by atoms with Crippen LogP contribution >= 0.6 is 0 Å². The lowest BCUT2D eigenvalue weighted by atomic mass is 9.99. The minimum absolute atomic E-state index is 0.198. The fourth-order valence-corrected chi connectivity index (χ4v) is 2.52. The van der Waals surface area contributed by atoms with Gasteiger partial charge in [0.15, 0.2) is 0 Å². The van der Waals surface area contributed by atoms with E-state index in [1.54, 1.807) is 42.5 Å². The molecule has 1 aliphatic rings. The Morgan fingerprint density at radius 2 is 1.81 bits per heavy atom. The summed E-state index contributed by atoms with van der Waals surface area (Å²) in [6.45, 7) is 0. The standard InChI is InChI=1S/C21H19FN2O3/c22-17-7-4-15(5-8-17)13-19(21(26)23-18-9-10-18)16-3-1-2-14(12-16)6-11-20(25)24-27/h1-8,11-13,18,27H,9-10H2,(H,23,26)(H,24,25)/b11-6+,19-13+. The van der Waals surface area contributed by atoms with Gasteiger partial charge in [0.1, 0.15) is 5.82 Å². The molecule has 6 heteroatoms. The minimum atomic E-state index is -0.644. The number of hydroxylamine groups is 1. The minimum Gasteiger partial charge on any atom is -0.349 e. The van der Waals surface area contributed by atoms with Crippen LogP contribution in [0, 0.1) is 5.82 Å². The maximum absolute atomic E-state index is 13.2. The summed E-state index contributed by atoms with van der Waals surface area (Å²) in [7, 11) is 0. The van der Waals surface area contributed by atoms with Gasteiger partial charge < -0.3 is 5.32 Å². The maximum Gasteiger partial charge on any atom is 0.267 e. The van der Waals surface area contributed by atoms with Gasteiger partial charge in [-0.15, -0.1) is 0 Å². The van der Waals surface area contributed by atoms with Crippen LogP contribution in [0.25, 0.3) is 17.7 Å². The van der Waals surface area contributed by atoms with E-state index in [9.17, 15) is 14.0 Å². The summed E-state index contributed by atoms with van der Waals surface area (Å²) in [4.78, 5) is 23.9. The van der Waals surface area contributed by atoms with Gasteiger partial charge in [-0.05, 0) is 59.9 Å². The molecule has 5 nitrogen and oxygen atoms in total. The highest BCUT2D eigenvalue weighted by Crippen LogP contribution is 2.24. The Morgan fingerprint density at radius 3 is 2.48 bits per heavy atom. The molecule has 0 saturated heterocycles. The highest BCUT2D eigenvalue weighted by Gasteiger charge is 2.25. The smallest absolute Gasteiger partial charge is 0.267 e. The van der Waals surface area contributed by atoms with Gasteiger partial charge in [0.25, 0.3) is 11.8 Å². The van der Waals surface area contributed by atoms with Gasteiger partial charge >= 0.3 is 0 Å². The van der Waals surface area contributed by atoms with E-state index in [0.717, 1.165) is 12.8 Å². The third kappa shape index (κ3) is 5.36. The number of hydrogen-bond acceptors (Lipinski definition) is 3. The molecule has 0 bridgehead atoms. The first-order valence-electron chi connectivity index (χ1n) is 8.56. The molecule has 2 aromatic carbocycles. The first-order chi connectivity index (χ1) is 13.0. The normalized spacial score (nSPS) is 14.2. The molecule has 1 aliphatic carbocycles. The van der Waals surface area contributed by atoms with Gasteiger partial charge in [-0.1, -0.05) is 30.3 Å². The van der Waals surface area contributed by atoms with Crippen molar-refractivity contribution in [3.05, 3.63) is 77.1 Å². The fraction of sp³-hybridized carbons (Fsp3) is 0.143. The van der Waals surface area contributed by atoms with Crippen LogP contribution < -0.4 is 10.8 Å². The molecule has 0 aliphatic heterocycles.